The molecule has 1 heterocycles. The fourth-order valence-electron chi connectivity index (χ4n) is 2.98. The zero-order valence-electron chi connectivity index (χ0n) is 17.0. The van der Waals surface area contributed by atoms with Gasteiger partial charge in [-0.05, 0) is 44.0 Å². The van der Waals surface area contributed by atoms with Crippen LogP contribution in [0.1, 0.15) is 51.5 Å². The van der Waals surface area contributed by atoms with Crippen LogP contribution in [0, 0.1) is 13.8 Å². The smallest absolute Gasteiger partial charge is 0.339 e. The van der Waals surface area contributed by atoms with Crippen LogP contribution in [-0.4, -0.2) is 41.8 Å². The number of amides is 1. The zero-order chi connectivity index (χ0) is 21.7. The second-order valence-electron chi connectivity index (χ2n) is 6.67. The highest BCUT2D eigenvalue weighted by molar-refractivity contribution is 6.04. The molecule has 0 spiro atoms. The van der Waals surface area contributed by atoms with Gasteiger partial charge in [0.05, 0.1) is 24.8 Å². The Hall–Kier alpha value is -3.42. The van der Waals surface area contributed by atoms with Crippen molar-refractivity contribution in [2.45, 2.75) is 40.2 Å². The van der Waals surface area contributed by atoms with Gasteiger partial charge in [-0.2, -0.15) is 0 Å². The lowest BCUT2D eigenvalue weighted by molar-refractivity contribution is -0.145. The topological polar surface area (TPSA) is 115 Å². The zero-order valence-corrected chi connectivity index (χ0v) is 17.0. The molecule has 29 heavy (non-hydrogen) atoms. The largest absolute Gasteiger partial charge is 0.465 e. The molecule has 1 amide bonds. The maximum Gasteiger partial charge on any atom is 0.339 e. The molecular weight excluding hydrogens is 376 g/mol. The molecule has 0 aliphatic rings. The number of anilines is 1. The van der Waals surface area contributed by atoms with Gasteiger partial charge in [0.15, 0.2) is 6.10 Å². The number of methoxy groups -OCH3 is 1. The van der Waals surface area contributed by atoms with E-state index in [0.717, 1.165) is 0 Å². The average molecular weight is 400 g/mol. The molecule has 1 aromatic carbocycles. The highest BCUT2D eigenvalue weighted by Gasteiger charge is 2.27. The number of carbonyl (C=O) groups excluding carboxylic acids is 4. The summed E-state index contributed by atoms with van der Waals surface area (Å²) in [6.45, 7) is 6.18. The first-order valence-corrected chi connectivity index (χ1v) is 9.01. The van der Waals surface area contributed by atoms with Crippen molar-refractivity contribution in [2.24, 2.45) is 0 Å². The van der Waals surface area contributed by atoms with Gasteiger partial charge in [-0.15, -0.1) is 0 Å². The van der Waals surface area contributed by atoms with Crippen molar-refractivity contribution in [3.05, 3.63) is 52.3 Å². The van der Waals surface area contributed by atoms with Crippen LogP contribution in [0.3, 0.4) is 0 Å². The number of ketones is 1. The third-order valence-electron chi connectivity index (χ3n) is 4.37. The quantitative estimate of drug-likeness (QED) is 0.546. The molecule has 1 atom stereocenters. The summed E-state index contributed by atoms with van der Waals surface area (Å²) in [7, 11) is 1.27. The molecule has 0 saturated carbocycles. The van der Waals surface area contributed by atoms with Crippen molar-refractivity contribution >= 4 is 29.3 Å². The van der Waals surface area contributed by atoms with E-state index in [1.165, 1.54) is 21.0 Å². The minimum Gasteiger partial charge on any atom is -0.465 e. The Morgan fingerprint density at radius 1 is 1.10 bits per heavy atom. The van der Waals surface area contributed by atoms with E-state index in [0.29, 0.717) is 28.1 Å². The number of aromatic nitrogens is 1. The van der Waals surface area contributed by atoms with Gasteiger partial charge < -0.3 is 19.8 Å². The van der Waals surface area contributed by atoms with Crippen molar-refractivity contribution < 1.29 is 28.7 Å². The van der Waals surface area contributed by atoms with Gasteiger partial charge in [-0.3, -0.25) is 14.4 Å². The van der Waals surface area contributed by atoms with Crippen LogP contribution in [0.2, 0.25) is 0 Å². The van der Waals surface area contributed by atoms with Gasteiger partial charge in [-0.25, -0.2) is 4.79 Å². The van der Waals surface area contributed by atoms with Gasteiger partial charge in [-0.1, -0.05) is 12.1 Å². The van der Waals surface area contributed by atoms with E-state index < -0.39 is 23.8 Å². The van der Waals surface area contributed by atoms with E-state index in [4.69, 9.17) is 9.47 Å². The predicted octanol–water partition coefficient (Wildman–Crippen LogP) is 2.73. The third-order valence-corrected chi connectivity index (χ3v) is 4.37. The second-order valence-corrected chi connectivity index (χ2v) is 6.67. The molecule has 8 heteroatoms. The van der Waals surface area contributed by atoms with E-state index >= 15 is 0 Å². The molecular formula is C21H24N2O6. The third kappa shape index (κ3) is 5.31. The minimum absolute atomic E-state index is 0.0197. The number of rotatable bonds is 7. The molecule has 0 bridgehead atoms. The van der Waals surface area contributed by atoms with E-state index in [9.17, 15) is 19.2 Å². The van der Waals surface area contributed by atoms with Gasteiger partial charge in [0.1, 0.15) is 0 Å². The predicted molar refractivity (Wildman–Crippen MR) is 106 cm³/mol. The number of H-pyrrole nitrogens is 1. The Kier molecular flexibility index (Phi) is 6.93. The molecule has 0 aliphatic heterocycles. The summed E-state index contributed by atoms with van der Waals surface area (Å²) in [4.78, 5) is 50.7. The fourth-order valence-corrected chi connectivity index (χ4v) is 2.98. The maximum atomic E-state index is 12.7. The molecule has 0 aliphatic carbocycles. The summed E-state index contributed by atoms with van der Waals surface area (Å²) in [5.41, 5.74) is 2.78. The molecule has 0 radical (unpaired) electrons. The first-order valence-electron chi connectivity index (χ1n) is 9.01. The highest BCUT2D eigenvalue weighted by atomic mass is 16.5. The lowest BCUT2D eigenvalue weighted by atomic mass is 10.1. The number of esters is 2. The monoisotopic (exact) mass is 400 g/mol. The van der Waals surface area contributed by atoms with Crippen LogP contribution in [0.4, 0.5) is 5.69 Å². The first kappa shape index (κ1) is 21.9. The number of hydrogen-bond donors (Lipinski definition) is 2. The number of carbonyl (C=O) groups is 4. The first-order chi connectivity index (χ1) is 13.6. The van der Waals surface area contributed by atoms with Crippen molar-refractivity contribution in [1.29, 1.82) is 0 Å². The molecule has 2 N–H and O–H groups in total. The maximum absolute atomic E-state index is 12.7. The summed E-state index contributed by atoms with van der Waals surface area (Å²) in [5, 5.41) is 2.64. The average Bonchev–Trinajstić information content (AvgIpc) is 2.95. The molecule has 8 nitrogen and oxygen atoms in total. The number of ether oxygens (including phenoxy) is 2. The van der Waals surface area contributed by atoms with E-state index in [1.807, 2.05) is 0 Å². The van der Waals surface area contributed by atoms with Crippen LogP contribution >= 0.6 is 0 Å². The Bertz CT molecular complexity index is 943. The molecule has 2 aromatic rings. The summed E-state index contributed by atoms with van der Waals surface area (Å²) in [6.07, 6.45) is -1.04. The summed E-state index contributed by atoms with van der Waals surface area (Å²) < 4.78 is 10.00. The molecule has 2 rings (SSSR count). The summed E-state index contributed by atoms with van der Waals surface area (Å²) in [6, 6.07) is 6.75. The Labute approximate surface area is 168 Å². The van der Waals surface area contributed by atoms with E-state index in [-0.39, 0.29) is 18.0 Å². The van der Waals surface area contributed by atoms with Crippen LogP contribution in [0.15, 0.2) is 24.3 Å². The Morgan fingerprint density at radius 2 is 1.72 bits per heavy atom. The number of benzene rings is 1. The van der Waals surface area contributed by atoms with Gasteiger partial charge in [0, 0.05) is 18.3 Å². The molecule has 154 valence electrons. The normalized spacial score (nSPS) is 11.5. The van der Waals surface area contributed by atoms with Crippen LogP contribution < -0.4 is 5.32 Å². The van der Waals surface area contributed by atoms with Gasteiger partial charge >= 0.3 is 11.9 Å². The van der Waals surface area contributed by atoms with E-state index in [2.05, 4.69) is 10.3 Å². The van der Waals surface area contributed by atoms with Crippen LogP contribution in [0.25, 0.3) is 0 Å². The minimum atomic E-state index is -1.02. The van der Waals surface area contributed by atoms with Gasteiger partial charge in [0.2, 0.25) is 11.7 Å². The summed E-state index contributed by atoms with van der Waals surface area (Å²) in [5.74, 6) is -1.72. The molecule has 1 aromatic heterocycles. The lowest BCUT2D eigenvalue weighted by Crippen LogP contribution is -2.26. The number of aryl methyl sites for hydroxylation is 1. The fraction of sp³-hybridized carbons (Fsp3) is 0.333. The van der Waals surface area contributed by atoms with Crippen molar-refractivity contribution in [3.8, 4) is 0 Å². The van der Waals surface area contributed by atoms with Crippen molar-refractivity contribution in [3.63, 3.8) is 0 Å². The standard InChI is InChI=1S/C21H24N2O6/c1-11-18(21(27)28-5)12(2)22-19(11)20(26)13(3)29-17(25)10-15-6-8-16(9-7-15)23-14(4)24/h6-9,13,22H,10H2,1-5H3,(H,23,24)/t13-/m1/s1. The lowest BCUT2D eigenvalue weighted by Gasteiger charge is -2.12. The molecule has 0 saturated heterocycles. The second kappa shape index (κ2) is 9.18. The number of aromatic amines is 1. The van der Waals surface area contributed by atoms with Crippen LogP contribution in [0.5, 0.6) is 0 Å². The van der Waals surface area contributed by atoms with Crippen LogP contribution in [-0.2, 0) is 25.5 Å². The Balaban J connectivity index is 2.03. The molecule has 0 fully saturated rings. The van der Waals surface area contributed by atoms with Gasteiger partial charge in [0.25, 0.3) is 0 Å². The number of hydrogen-bond acceptors (Lipinski definition) is 6. The SMILES string of the molecule is COC(=O)c1c(C)[nH]c(C(=O)[C@@H](C)OC(=O)Cc2ccc(NC(C)=O)cc2)c1C. The van der Waals surface area contributed by atoms with Crippen molar-refractivity contribution in [1.82, 2.24) is 4.98 Å². The number of Topliss-reactive ketones (excluding diaryl/α,β-unsaturated/α-hetero) is 1. The Morgan fingerprint density at radius 3 is 2.28 bits per heavy atom. The highest BCUT2D eigenvalue weighted by Crippen LogP contribution is 2.21. The van der Waals surface area contributed by atoms with Crippen molar-refractivity contribution in [2.75, 3.05) is 12.4 Å². The number of nitrogens with one attached hydrogen (secondary N) is 2. The molecule has 0 unspecified atom stereocenters. The summed E-state index contributed by atoms with van der Waals surface area (Å²) >= 11 is 0. The van der Waals surface area contributed by atoms with E-state index in [1.54, 1.807) is 38.1 Å².